The van der Waals surface area contributed by atoms with Crippen LogP contribution in [0, 0.1) is 0 Å². The molecule has 0 amide bonds. The van der Waals surface area contributed by atoms with Crippen LogP contribution in [0.4, 0.5) is 0 Å². The molecule has 172 valence electrons. The Morgan fingerprint density at radius 2 is 0.485 bits per heavy atom. The van der Waals surface area contributed by atoms with E-state index in [2.05, 4.69) is 121 Å². The van der Waals surface area contributed by atoms with Crippen LogP contribution in [-0.4, -0.2) is 58.0 Å². The van der Waals surface area contributed by atoms with E-state index in [1.165, 1.54) is 43.5 Å². The van der Waals surface area contributed by atoms with E-state index in [9.17, 15) is 0 Å². The van der Waals surface area contributed by atoms with Crippen molar-refractivity contribution in [1.29, 1.82) is 0 Å². The van der Waals surface area contributed by atoms with E-state index in [-0.39, 0.29) is 5.48 Å². The van der Waals surface area contributed by atoms with Crippen LogP contribution in [0.5, 0.6) is 0 Å². The minimum atomic E-state index is 0. The van der Waals surface area contributed by atoms with Crippen LogP contribution in [0.1, 0.15) is 22.3 Å². The molecule has 0 aliphatic carbocycles. The zero-order valence-electron chi connectivity index (χ0n) is 18.5. The predicted octanol–water partition coefficient (Wildman–Crippen LogP) is 4.60. The van der Waals surface area contributed by atoms with Crippen LogP contribution in [0.2, 0.25) is 0 Å². The number of hydrogen-bond acceptors (Lipinski definition) is 0. The third kappa shape index (κ3) is 12.8. The first kappa shape index (κ1) is 28.2. The van der Waals surface area contributed by atoms with Crippen LogP contribution in [0.15, 0.2) is 121 Å². The van der Waals surface area contributed by atoms with Gasteiger partial charge in [0.1, 0.15) is 0 Å². The first-order valence-electron chi connectivity index (χ1n) is 10.5. The molecule has 0 heterocycles. The molecule has 0 aromatic heterocycles. The van der Waals surface area contributed by atoms with Crippen LogP contribution in [0.3, 0.4) is 0 Å². The molecule has 33 heavy (non-hydrogen) atoms. The monoisotopic (exact) mass is 702 g/mol. The van der Waals surface area contributed by atoms with Gasteiger partial charge in [-0.3, -0.25) is 0 Å². The second-order valence-electron chi connectivity index (χ2n) is 6.99. The van der Waals surface area contributed by atoms with Crippen LogP contribution < -0.4 is 0 Å². The molecule has 0 aliphatic rings. The summed E-state index contributed by atoms with van der Waals surface area (Å²) in [5.74, 6) is 0. The van der Waals surface area contributed by atoms with E-state index in [4.69, 9.17) is 0 Å². The van der Waals surface area contributed by atoms with Gasteiger partial charge in [0, 0.05) is 0 Å². The van der Waals surface area contributed by atoms with Gasteiger partial charge in [0.25, 0.3) is 0 Å². The Kier molecular flexibility index (Phi) is 15.6. The minimum absolute atomic E-state index is 0. The second kappa shape index (κ2) is 18.3. The zero-order chi connectivity index (χ0) is 22.1. The van der Waals surface area contributed by atoms with E-state index in [0.29, 0.717) is 0 Å². The van der Waals surface area contributed by atoms with Crippen molar-refractivity contribution < 1.29 is 5.48 Å². The normalized spacial score (nSPS) is 9.94. The average molecular weight is 698 g/mol. The van der Waals surface area contributed by atoms with Crippen molar-refractivity contribution in [3.8, 4) is 0 Å². The van der Waals surface area contributed by atoms with E-state index in [1.54, 1.807) is 0 Å². The van der Waals surface area contributed by atoms with Crippen molar-refractivity contribution in [3.05, 3.63) is 144 Å². The predicted molar refractivity (Wildman–Crippen MR) is 147 cm³/mol. The van der Waals surface area contributed by atoms with Crippen molar-refractivity contribution in [2.45, 2.75) is 21.3 Å². The molecule has 4 rings (SSSR count). The average Bonchev–Trinajstić information content (AvgIpc) is 2.88. The molecule has 0 saturated carbocycles. The van der Waals surface area contributed by atoms with E-state index in [0.717, 1.165) is 52.5 Å². The third-order valence-corrected chi connectivity index (χ3v) is 17.7. The van der Waals surface area contributed by atoms with Gasteiger partial charge in [0.05, 0.1) is 0 Å². The number of benzene rings is 4. The molecular weight excluding hydrogens is 668 g/mol. The summed E-state index contributed by atoms with van der Waals surface area (Å²) in [6, 6.07) is 43.3. The van der Waals surface area contributed by atoms with E-state index in [1.807, 2.05) is 0 Å². The Balaban J connectivity index is 0.000000227. The van der Waals surface area contributed by atoms with Gasteiger partial charge >= 0.3 is 217 Å². The maximum atomic E-state index is 2.24. The molecule has 0 saturated heterocycles. The van der Waals surface area contributed by atoms with Crippen LogP contribution in [-0.2, 0) is 21.3 Å². The number of rotatable bonds is 10. The van der Waals surface area contributed by atoms with Gasteiger partial charge in [-0.15, -0.1) is 0 Å². The van der Waals surface area contributed by atoms with Crippen LogP contribution in [0.25, 0.3) is 0 Å². The van der Waals surface area contributed by atoms with Gasteiger partial charge in [-0.25, -0.2) is 0 Å². The summed E-state index contributed by atoms with van der Waals surface area (Å²) in [5.41, 5.74) is 5.99. The van der Waals surface area contributed by atoms with Crippen LogP contribution >= 0.6 is 0 Å². The Morgan fingerprint density at radius 3 is 0.667 bits per heavy atom. The topological polar surface area (TPSA) is 31.5 Å². The second-order valence-corrected chi connectivity index (χ2v) is 21.7. The van der Waals surface area contributed by atoms with E-state index >= 15 is 0 Å². The summed E-state index contributed by atoms with van der Waals surface area (Å²) in [6.07, 6.45) is 0. The summed E-state index contributed by atoms with van der Waals surface area (Å²) in [4.78, 5) is 0. The Morgan fingerprint density at radius 1 is 0.303 bits per heavy atom. The van der Waals surface area contributed by atoms with Crippen molar-refractivity contribution in [2.24, 2.45) is 0 Å². The van der Waals surface area contributed by atoms with Gasteiger partial charge < -0.3 is 5.48 Å². The summed E-state index contributed by atoms with van der Waals surface area (Å²) in [6.45, 7) is 0. The molecule has 0 unspecified atom stereocenters. The summed E-state index contributed by atoms with van der Waals surface area (Å²) in [7, 11) is 0. The zero-order valence-corrected chi connectivity index (χ0v) is 25.4. The summed E-state index contributed by atoms with van der Waals surface area (Å²) >= 11 is 3.18. The summed E-state index contributed by atoms with van der Waals surface area (Å²) in [5, 5.41) is 5.17. The summed E-state index contributed by atoms with van der Waals surface area (Å²) < 4.78 is 0. The fourth-order valence-electron chi connectivity index (χ4n) is 2.74. The SMILES string of the molecule is O.c1ccc(C[Se][Se]Cc2ccccc2)cc1.c1ccc(C[Se][Se]Cc2ccccc2)cc1. The Bertz CT molecular complexity index is 802. The van der Waals surface area contributed by atoms with Crippen molar-refractivity contribution in [2.75, 3.05) is 0 Å². The molecule has 1 nitrogen and oxygen atoms in total. The maximum absolute atomic E-state index is 2.24. The first-order valence-corrected chi connectivity index (χ1v) is 24.1. The fourth-order valence-corrected chi connectivity index (χ4v) is 15.8. The van der Waals surface area contributed by atoms with Crippen molar-refractivity contribution in [1.82, 2.24) is 0 Å². The molecule has 4 aromatic carbocycles. The molecule has 5 heteroatoms. The van der Waals surface area contributed by atoms with Crippen molar-refractivity contribution >= 4 is 52.5 Å². The Hall–Kier alpha value is -1.08. The molecule has 0 bridgehead atoms. The van der Waals surface area contributed by atoms with E-state index < -0.39 is 0 Å². The quantitative estimate of drug-likeness (QED) is 0.172. The first-order chi connectivity index (χ1) is 15.9. The molecular formula is C28H30OSe4. The van der Waals surface area contributed by atoms with Gasteiger partial charge in [-0.05, 0) is 0 Å². The third-order valence-electron chi connectivity index (χ3n) is 4.44. The fraction of sp³-hybridized carbons (Fsp3) is 0.143. The van der Waals surface area contributed by atoms with Gasteiger partial charge in [-0.1, -0.05) is 0 Å². The molecule has 0 aliphatic heterocycles. The standard InChI is InChI=1S/2C14H14Se2.H2O/c2*1-3-7-13(8-4-1)11-15-16-12-14-9-5-2-6-10-14;/h2*1-10H,11-12H2;1H2. The molecule has 0 radical (unpaired) electrons. The van der Waals surface area contributed by atoms with Crippen molar-refractivity contribution in [3.63, 3.8) is 0 Å². The Labute approximate surface area is 221 Å². The molecule has 0 atom stereocenters. The van der Waals surface area contributed by atoms with Gasteiger partial charge in [0.2, 0.25) is 0 Å². The molecule has 2 N–H and O–H groups in total. The molecule has 4 aromatic rings. The number of hydrogen-bond donors (Lipinski definition) is 0. The molecule has 0 spiro atoms. The van der Waals surface area contributed by atoms with Gasteiger partial charge in [-0.2, -0.15) is 0 Å². The molecule has 0 fully saturated rings. The van der Waals surface area contributed by atoms with Gasteiger partial charge in [0.15, 0.2) is 0 Å².